The molecule has 0 unspecified atom stereocenters. The number of rotatable bonds is 6. The van der Waals surface area contributed by atoms with Crippen LogP contribution < -0.4 is 4.74 Å². The SMILES string of the molecule is Cc1nn(-c2ccccc2)c2c1[C@H](c1ccco1)c1c(ncn3nc(CO/N=C\c4ccccc4)nc13)O2. The summed E-state index contributed by atoms with van der Waals surface area (Å²) in [6, 6.07) is 23.4. The molecular weight excluding hydrogens is 482 g/mol. The number of oxime groups is 1. The van der Waals surface area contributed by atoms with Crippen LogP contribution in [0, 0.1) is 6.92 Å². The van der Waals surface area contributed by atoms with Gasteiger partial charge >= 0.3 is 0 Å². The van der Waals surface area contributed by atoms with Gasteiger partial charge in [-0.2, -0.15) is 5.10 Å². The Morgan fingerprint density at radius 3 is 2.58 bits per heavy atom. The van der Waals surface area contributed by atoms with Gasteiger partial charge in [0.2, 0.25) is 11.8 Å². The first-order chi connectivity index (χ1) is 18.8. The predicted molar refractivity (Wildman–Crippen MR) is 138 cm³/mol. The lowest BCUT2D eigenvalue weighted by Gasteiger charge is -2.24. The smallest absolute Gasteiger partial charge is 0.230 e. The van der Waals surface area contributed by atoms with E-state index >= 15 is 0 Å². The molecule has 0 spiro atoms. The Morgan fingerprint density at radius 1 is 0.974 bits per heavy atom. The molecule has 4 aromatic heterocycles. The van der Waals surface area contributed by atoms with E-state index in [2.05, 4.69) is 15.2 Å². The van der Waals surface area contributed by atoms with Gasteiger partial charge in [-0.1, -0.05) is 53.7 Å². The largest absolute Gasteiger partial charge is 0.468 e. The van der Waals surface area contributed by atoms with Gasteiger partial charge in [0.1, 0.15) is 12.1 Å². The minimum Gasteiger partial charge on any atom is -0.468 e. The number of para-hydroxylation sites is 1. The Kier molecular flexibility index (Phi) is 5.21. The number of aryl methyl sites for hydroxylation is 1. The summed E-state index contributed by atoms with van der Waals surface area (Å²) in [5.41, 5.74) is 4.87. The molecule has 0 saturated carbocycles. The zero-order chi connectivity index (χ0) is 25.5. The molecule has 0 N–H and O–H groups in total. The average molecular weight is 504 g/mol. The first kappa shape index (κ1) is 22.0. The van der Waals surface area contributed by atoms with Crippen molar-refractivity contribution in [1.82, 2.24) is 29.4 Å². The average Bonchev–Trinajstić information content (AvgIpc) is 3.70. The molecular formula is C28H21N7O3. The molecule has 5 heterocycles. The Balaban J connectivity index is 1.29. The quantitative estimate of drug-likeness (QED) is 0.231. The Bertz CT molecular complexity index is 1760. The fourth-order valence-corrected chi connectivity index (χ4v) is 4.70. The summed E-state index contributed by atoms with van der Waals surface area (Å²) in [6.07, 6.45) is 4.88. The molecule has 1 aliphatic rings. The zero-order valence-corrected chi connectivity index (χ0v) is 20.3. The topological polar surface area (TPSA) is 105 Å². The highest BCUT2D eigenvalue weighted by atomic mass is 16.6. The second kappa shape index (κ2) is 9.00. The first-order valence-electron chi connectivity index (χ1n) is 12.1. The van der Waals surface area contributed by atoms with E-state index in [1.54, 1.807) is 28.0 Å². The molecule has 10 nitrogen and oxygen atoms in total. The maximum Gasteiger partial charge on any atom is 0.230 e. The zero-order valence-electron chi connectivity index (χ0n) is 20.3. The van der Waals surface area contributed by atoms with Gasteiger partial charge in [0.15, 0.2) is 18.1 Å². The van der Waals surface area contributed by atoms with E-state index in [0.717, 1.165) is 33.8 Å². The molecule has 0 saturated heterocycles. The second-order valence-electron chi connectivity index (χ2n) is 8.78. The summed E-state index contributed by atoms with van der Waals surface area (Å²) in [4.78, 5) is 14.8. The summed E-state index contributed by atoms with van der Waals surface area (Å²) < 4.78 is 15.7. The van der Waals surface area contributed by atoms with Gasteiger partial charge in [0.05, 0.1) is 40.9 Å². The Labute approximate surface area is 216 Å². The fraction of sp³-hybridized carbons (Fsp3) is 0.107. The normalized spacial score (nSPS) is 14.4. The molecule has 7 rings (SSSR count). The number of hydrogen-bond donors (Lipinski definition) is 0. The van der Waals surface area contributed by atoms with Crippen LogP contribution in [0.5, 0.6) is 11.8 Å². The second-order valence-corrected chi connectivity index (χ2v) is 8.78. The third-order valence-electron chi connectivity index (χ3n) is 6.36. The summed E-state index contributed by atoms with van der Waals surface area (Å²) in [5.74, 6) is 1.87. The van der Waals surface area contributed by atoms with E-state index in [0.29, 0.717) is 23.2 Å². The number of aromatic nitrogens is 6. The molecule has 38 heavy (non-hydrogen) atoms. The van der Waals surface area contributed by atoms with Crippen molar-refractivity contribution >= 4 is 11.9 Å². The maximum atomic E-state index is 6.39. The molecule has 10 heteroatoms. The van der Waals surface area contributed by atoms with Gasteiger partial charge in [-0.05, 0) is 36.8 Å². The van der Waals surface area contributed by atoms with Gasteiger partial charge in [0.25, 0.3) is 0 Å². The molecule has 0 aliphatic carbocycles. The molecule has 0 radical (unpaired) electrons. The molecule has 6 aromatic rings. The summed E-state index contributed by atoms with van der Waals surface area (Å²) in [5, 5.41) is 13.4. The van der Waals surface area contributed by atoms with Crippen LogP contribution in [0.4, 0.5) is 0 Å². The Morgan fingerprint density at radius 2 is 1.79 bits per heavy atom. The van der Waals surface area contributed by atoms with Crippen LogP contribution in [0.25, 0.3) is 11.3 Å². The lowest BCUT2D eigenvalue weighted by molar-refractivity contribution is 0.126. The van der Waals surface area contributed by atoms with Crippen molar-refractivity contribution in [1.29, 1.82) is 0 Å². The van der Waals surface area contributed by atoms with Crippen LogP contribution in [0.2, 0.25) is 0 Å². The highest BCUT2D eigenvalue weighted by molar-refractivity contribution is 5.78. The Hall–Kier alpha value is -5.25. The highest BCUT2D eigenvalue weighted by Crippen LogP contribution is 2.49. The van der Waals surface area contributed by atoms with Gasteiger partial charge < -0.3 is 14.0 Å². The highest BCUT2D eigenvalue weighted by Gasteiger charge is 2.39. The molecule has 2 aromatic carbocycles. The number of benzene rings is 2. The van der Waals surface area contributed by atoms with E-state index in [1.807, 2.05) is 79.7 Å². The number of furan rings is 1. The van der Waals surface area contributed by atoms with Crippen LogP contribution in [0.1, 0.15) is 39.9 Å². The van der Waals surface area contributed by atoms with Crippen molar-refractivity contribution in [3.05, 3.63) is 119 Å². The van der Waals surface area contributed by atoms with E-state index < -0.39 is 0 Å². The number of fused-ring (bicyclic) bond motifs is 4. The molecule has 0 fully saturated rings. The molecule has 0 bridgehead atoms. The lowest BCUT2D eigenvalue weighted by Crippen LogP contribution is -2.15. The van der Waals surface area contributed by atoms with Crippen molar-refractivity contribution in [2.45, 2.75) is 19.4 Å². The summed E-state index contributed by atoms with van der Waals surface area (Å²) in [6.45, 7) is 2.06. The van der Waals surface area contributed by atoms with Gasteiger partial charge in [-0.3, -0.25) is 0 Å². The monoisotopic (exact) mass is 503 g/mol. The van der Waals surface area contributed by atoms with E-state index in [4.69, 9.17) is 24.1 Å². The van der Waals surface area contributed by atoms with Crippen LogP contribution in [0.3, 0.4) is 0 Å². The van der Waals surface area contributed by atoms with Crippen molar-refractivity contribution in [2.24, 2.45) is 5.16 Å². The molecule has 0 amide bonds. The van der Waals surface area contributed by atoms with Crippen LogP contribution in [0.15, 0.2) is 95.0 Å². The maximum absolute atomic E-state index is 6.39. The molecule has 1 aliphatic heterocycles. The van der Waals surface area contributed by atoms with Crippen molar-refractivity contribution in [3.8, 4) is 17.4 Å². The van der Waals surface area contributed by atoms with E-state index in [9.17, 15) is 0 Å². The first-order valence-corrected chi connectivity index (χ1v) is 12.1. The van der Waals surface area contributed by atoms with Crippen LogP contribution in [-0.2, 0) is 11.4 Å². The predicted octanol–water partition coefficient (Wildman–Crippen LogP) is 5.05. The number of ether oxygens (including phenoxy) is 1. The van der Waals surface area contributed by atoms with Gasteiger partial charge in [-0.25, -0.2) is 19.2 Å². The molecule has 1 atom stereocenters. The van der Waals surface area contributed by atoms with Crippen LogP contribution in [-0.4, -0.2) is 35.6 Å². The van der Waals surface area contributed by atoms with Crippen LogP contribution >= 0.6 is 0 Å². The third kappa shape index (κ3) is 3.70. The molecule has 186 valence electrons. The number of nitrogens with zero attached hydrogens (tertiary/aromatic N) is 7. The van der Waals surface area contributed by atoms with E-state index in [1.165, 1.54) is 0 Å². The summed E-state index contributed by atoms with van der Waals surface area (Å²) >= 11 is 0. The standard InChI is InChI=1S/C28H21N7O3/c1-18-23-24(21-13-8-14-36-21)25-26-31-22(16-37-30-15-19-9-4-2-5-10-19)33-34(26)17-29-27(25)38-28(23)35(32-18)20-11-6-3-7-12-20/h2-15,17,24H,16H2,1H3/b30-15-/t24-/m0/s1. The van der Waals surface area contributed by atoms with Crippen molar-refractivity contribution in [2.75, 3.05) is 0 Å². The van der Waals surface area contributed by atoms with Gasteiger partial charge in [0, 0.05) is 0 Å². The van der Waals surface area contributed by atoms with E-state index in [-0.39, 0.29) is 12.5 Å². The van der Waals surface area contributed by atoms with Crippen molar-refractivity contribution < 1.29 is 14.0 Å². The minimum absolute atomic E-state index is 0.0995. The minimum atomic E-state index is -0.341. The summed E-state index contributed by atoms with van der Waals surface area (Å²) in [7, 11) is 0. The van der Waals surface area contributed by atoms with Gasteiger partial charge in [-0.15, -0.1) is 5.10 Å². The fourth-order valence-electron chi connectivity index (χ4n) is 4.70. The van der Waals surface area contributed by atoms with Crippen molar-refractivity contribution in [3.63, 3.8) is 0 Å². The lowest BCUT2D eigenvalue weighted by atomic mass is 9.88. The third-order valence-corrected chi connectivity index (χ3v) is 6.36. The number of hydrogen-bond acceptors (Lipinski definition) is 8.